The molecule has 2 aliphatic rings. The fraction of sp³-hybridized carbons (Fsp3) is 0.435. The number of para-hydroxylation sites is 1. The average molecular weight is 390 g/mol. The van der Waals surface area contributed by atoms with Crippen LogP contribution in [0.25, 0.3) is 10.9 Å². The van der Waals surface area contributed by atoms with Crippen molar-refractivity contribution in [2.45, 2.75) is 37.7 Å². The molecule has 2 saturated heterocycles. The number of benzene rings is 1. The van der Waals surface area contributed by atoms with Gasteiger partial charge >= 0.3 is 0 Å². The molecule has 0 saturated carbocycles. The standard InChI is InChI=1S/C23H27N5O/c1-2-4-20-17(3-1)5-6-21(27-20)28-15-9-19(10-16-28)29-23-22(25-13-14-26-23)18-7-11-24-12-8-18/h1-6,13-14,18-19,24H,7-12,15-16H2. The van der Waals surface area contributed by atoms with Crippen LogP contribution in [0, 0.1) is 0 Å². The zero-order chi connectivity index (χ0) is 19.5. The molecule has 5 rings (SSSR count). The minimum Gasteiger partial charge on any atom is -0.473 e. The van der Waals surface area contributed by atoms with Crippen molar-refractivity contribution in [3.05, 3.63) is 54.5 Å². The Morgan fingerprint density at radius 2 is 1.69 bits per heavy atom. The Bertz CT molecular complexity index is 964. The van der Waals surface area contributed by atoms with Gasteiger partial charge in [0.25, 0.3) is 0 Å². The zero-order valence-electron chi connectivity index (χ0n) is 16.6. The zero-order valence-corrected chi connectivity index (χ0v) is 16.6. The van der Waals surface area contributed by atoms with Gasteiger partial charge in [-0.05, 0) is 44.1 Å². The first-order chi connectivity index (χ1) is 14.4. The minimum absolute atomic E-state index is 0.184. The van der Waals surface area contributed by atoms with Crippen molar-refractivity contribution in [1.29, 1.82) is 0 Å². The lowest BCUT2D eigenvalue weighted by Gasteiger charge is -2.33. The Balaban J connectivity index is 1.24. The second kappa shape index (κ2) is 8.33. The first-order valence-electron chi connectivity index (χ1n) is 10.7. The number of hydrogen-bond acceptors (Lipinski definition) is 6. The van der Waals surface area contributed by atoms with E-state index in [1.165, 1.54) is 5.39 Å². The molecule has 0 amide bonds. The Kier molecular flexibility index (Phi) is 5.26. The number of anilines is 1. The van der Waals surface area contributed by atoms with Gasteiger partial charge in [-0.3, -0.25) is 4.98 Å². The van der Waals surface area contributed by atoms with E-state index in [1.807, 2.05) is 6.07 Å². The molecule has 29 heavy (non-hydrogen) atoms. The molecule has 6 nitrogen and oxygen atoms in total. The molecule has 0 aliphatic carbocycles. The van der Waals surface area contributed by atoms with Gasteiger partial charge in [0.2, 0.25) is 5.88 Å². The maximum absolute atomic E-state index is 6.35. The summed E-state index contributed by atoms with van der Waals surface area (Å²) in [6, 6.07) is 12.6. The lowest BCUT2D eigenvalue weighted by molar-refractivity contribution is 0.159. The predicted octanol–water partition coefficient (Wildman–Crippen LogP) is 3.54. The van der Waals surface area contributed by atoms with Crippen LogP contribution in [0.15, 0.2) is 48.8 Å². The van der Waals surface area contributed by atoms with E-state index in [0.717, 1.165) is 74.8 Å². The molecule has 1 N–H and O–H groups in total. The van der Waals surface area contributed by atoms with Crippen molar-refractivity contribution >= 4 is 16.7 Å². The van der Waals surface area contributed by atoms with Crippen LogP contribution >= 0.6 is 0 Å². The summed E-state index contributed by atoms with van der Waals surface area (Å²) < 4.78 is 6.35. The van der Waals surface area contributed by atoms with Crippen molar-refractivity contribution in [2.24, 2.45) is 0 Å². The summed E-state index contributed by atoms with van der Waals surface area (Å²) in [7, 11) is 0. The highest BCUT2D eigenvalue weighted by Crippen LogP contribution is 2.31. The molecule has 0 unspecified atom stereocenters. The molecular weight excluding hydrogens is 362 g/mol. The molecule has 2 fully saturated rings. The smallest absolute Gasteiger partial charge is 0.236 e. The summed E-state index contributed by atoms with van der Waals surface area (Å²) in [6.07, 6.45) is 7.85. The Morgan fingerprint density at radius 3 is 2.55 bits per heavy atom. The van der Waals surface area contributed by atoms with E-state index in [2.05, 4.69) is 50.5 Å². The third kappa shape index (κ3) is 4.03. The molecule has 1 aromatic carbocycles. The number of nitrogens with zero attached hydrogens (tertiary/aromatic N) is 4. The van der Waals surface area contributed by atoms with Gasteiger partial charge in [-0.2, -0.15) is 0 Å². The second-order valence-corrected chi connectivity index (χ2v) is 7.94. The lowest BCUT2D eigenvalue weighted by Crippen LogP contribution is -2.39. The summed E-state index contributed by atoms with van der Waals surface area (Å²) in [6.45, 7) is 3.97. The number of aromatic nitrogens is 3. The van der Waals surface area contributed by atoms with Gasteiger partial charge in [-0.15, -0.1) is 0 Å². The van der Waals surface area contributed by atoms with E-state index in [1.54, 1.807) is 12.4 Å². The number of ether oxygens (including phenoxy) is 1. The SMILES string of the molecule is c1ccc2nc(N3CCC(Oc4nccnc4C4CCNCC4)CC3)ccc2c1. The van der Waals surface area contributed by atoms with E-state index in [0.29, 0.717) is 5.92 Å². The highest BCUT2D eigenvalue weighted by molar-refractivity contribution is 5.80. The average Bonchev–Trinajstić information content (AvgIpc) is 2.80. The molecule has 0 spiro atoms. The molecular formula is C23H27N5O. The van der Waals surface area contributed by atoms with Gasteiger partial charge < -0.3 is 15.0 Å². The van der Waals surface area contributed by atoms with Gasteiger partial charge in [-0.1, -0.05) is 18.2 Å². The Labute approximate surface area is 171 Å². The number of pyridine rings is 1. The number of fused-ring (bicyclic) bond motifs is 1. The second-order valence-electron chi connectivity index (χ2n) is 7.94. The minimum atomic E-state index is 0.184. The van der Waals surface area contributed by atoms with Crippen LogP contribution in [0.2, 0.25) is 0 Å². The summed E-state index contributed by atoms with van der Waals surface area (Å²) in [5.74, 6) is 2.24. The van der Waals surface area contributed by atoms with Crippen LogP contribution in [-0.2, 0) is 0 Å². The summed E-state index contributed by atoms with van der Waals surface area (Å²) in [5, 5.41) is 4.60. The van der Waals surface area contributed by atoms with Crippen molar-refractivity contribution in [3.8, 4) is 5.88 Å². The van der Waals surface area contributed by atoms with Crippen LogP contribution < -0.4 is 15.0 Å². The molecule has 0 atom stereocenters. The molecule has 6 heteroatoms. The van der Waals surface area contributed by atoms with Gasteiger partial charge in [0.15, 0.2) is 0 Å². The largest absolute Gasteiger partial charge is 0.473 e. The highest BCUT2D eigenvalue weighted by Gasteiger charge is 2.26. The van der Waals surface area contributed by atoms with Crippen molar-refractivity contribution in [2.75, 3.05) is 31.1 Å². The van der Waals surface area contributed by atoms with Crippen LogP contribution in [0.3, 0.4) is 0 Å². The number of rotatable bonds is 4. The van der Waals surface area contributed by atoms with Gasteiger partial charge in [0, 0.05) is 49.6 Å². The van der Waals surface area contributed by atoms with Crippen molar-refractivity contribution < 1.29 is 4.74 Å². The summed E-state index contributed by atoms with van der Waals surface area (Å²) in [5.41, 5.74) is 2.09. The number of nitrogens with one attached hydrogen (secondary N) is 1. The van der Waals surface area contributed by atoms with Crippen molar-refractivity contribution in [1.82, 2.24) is 20.3 Å². The quantitative estimate of drug-likeness (QED) is 0.736. The third-order valence-corrected chi connectivity index (χ3v) is 6.05. The van der Waals surface area contributed by atoms with Crippen molar-refractivity contribution in [3.63, 3.8) is 0 Å². The van der Waals surface area contributed by atoms with Crippen LogP contribution in [0.1, 0.15) is 37.3 Å². The number of hydrogen-bond donors (Lipinski definition) is 1. The van der Waals surface area contributed by atoms with Crippen LogP contribution in [-0.4, -0.2) is 47.2 Å². The van der Waals surface area contributed by atoms with E-state index in [4.69, 9.17) is 9.72 Å². The van der Waals surface area contributed by atoms with Gasteiger partial charge in [0.05, 0.1) is 5.52 Å². The third-order valence-electron chi connectivity index (χ3n) is 6.05. The molecule has 0 radical (unpaired) electrons. The lowest BCUT2D eigenvalue weighted by atomic mass is 9.94. The Morgan fingerprint density at radius 1 is 0.897 bits per heavy atom. The van der Waals surface area contributed by atoms with E-state index >= 15 is 0 Å². The number of piperidine rings is 2. The predicted molar refractivity (Wildman–Crippen MR) is 114 cm³/mol. The maximum Gasteiger partial charge on any atom is 0.236 e. The van der Waals surface area contributed by atoms with Gasteiger partial charge in [-0.25, -0.2) is 9.97 Å². The van der Waals surface area contributed by atoms with Gasteiger partial charge in [0.1, 0.15) is 17.6 Å². The summed E-state index contributed by atoms with van der Waals surface area (Å²) >= 11 is 0. The molecule has 2 aliphatic heterocycles. The normalized spacial score (nSPS) is 18.8. The topological polar surface area (TPSA) is 63.2 Å². The van der Waals surface area contributed by atoms with E-state index < -0.39 is 0 Å². The highest BCUT2D eigenvalue weighted by atomic mass is 16.5. The van der Waals surface area contributed by atoms with Crippen LogP contribution in [0.5, 0.6) is 5.88 Å². The first kappa shape index (κ1) is 18.3. The fourth-order valence-corrected chi connectivity index (χ4v) is 4.39. The van der Waals surface area contributed by atoms with E-state index in [-0.39, 0.29) is 6.10 Å². The monoisotopic (exact) mass is 389 g/mol. The molecule has 4 heterocycles. The van der Waals surface area contributed by atoms with E-state index in [9.17, 15) is 0 Å². The molecule has 2 aromatic heterocycles. The molecule has 0 bridgehead atoms. The fourth-order valence-electron chi connectivity index (χ4n) is 4.39. The summed E-state index contributed by atoms with van der Waals surface area (Å²) in [4.78, 5) is 16.3. The molecule has 3 aromatic rings. The Hall–Kier alpha value is -2.73. The first-order valence-corrected chi connectivity index (χ1v) is 10.7. The molecule has 150 valence electrons. The van der Waals surface area contributed by atoms with Crippen LogP contribution in [0.4, 0.5) is 5.82 Å². The maximum atomic E-state index is 6.35.